The van der Waals surface area contributed by atoms with Crippen LogP contribution in [0.3, 0.4) is 0 Å². The van der Waals surface area contributed by atoms with Gasteiger partial charge in [0, 0.05) is 18.0 Å². The van der Waals surface area contributed by atoms with E-state index in [4.69, 9.17) is 9.47 Å². The van der Waals surface area contributed by atoms with Crippen molar-refractivity contribution in [2.45, 2.75) is 6.92 Å². The van der Waals surface area contributed by atoms with Crippen LogP contribution in [0.25, 0.3) is 5.82 Å². The van der Waals surface area contributed by atoms with Crippen molar-refractivity contribution in [3.63, 3.8) is 0 Å². The van der Waals surface area contributed by atoms with Gasteiger partial charge < -0.3 is 14.8 Å². The minimum Gasteiger partial charge on any atom is -0.493 e. The minimum atomic E-state index is -0.255. The molecule has 1 amide bonds. The lowest BCUT2D eigenvalue weighted by Gasteiger charge is -2.10. The Morgan fingerprint density at radius 1 is 1.08 bits per heavy atom. The first kappa shape index (κ1) is 16.5. The summed E-state index contributed by atoms with van der Waals surface area (Å²) in [5.74, 6) is 2.39. The number of carbonyl (C=O) groups is 1. The average molecular weight is 338 g/mol. The number of anilines is 1. The maximum absolute atomic E-state index is 12.4. The third-order valence-corrected chi connectivity index (χ3v) is 3.72. The Bertz CT molecular complexity index is 888. The zero-order chi connectivity index (χ0) is 17.8. The summed E-state index contributed by atoms with van der Waals surface area (Å²) < 4.78 is 12.3. The maximum Gasteiger partial charge on any atom is 0.255 e. The lowest BCUT2D eigenvalue weighted by molar-refractivity contribution is 0.102. The molecule has 0 fully saturated rings. The first-order valence-corrected chi connectivity index (χ1v) is 7.62. The second kappa shape index (κ2) is 7.04. The van der Waals surface area contributed by atoms with E-state index in [-0.39, 0.29) is 5.91 Å². The second-order valence-electron chi connectivity index (χ2n) is 5.27. The number of aromatic nitrogens is 3. The average Bonchev–Trinajstić information content (AvgIpc) is 3.07. The first-order chi connectivity index (χ1) is 12.1. The second-order valence-corrected chi connectivity index (χ2v) is 5.27. The van der Waals surface area contributed by atoms with Crippen LogP contribution < -0.4 is 14.8 Å². The number of benzene rings is 1. The van der Waals surface area contributed by atoms with Gasteiger partial charge in [-0.2, -0.15) is 0 Å². The molecule has 0 atom stereocenters. The molecule has 2 aromatic heterocycles. The predicted octanol–water partition coefficient (Wildman–Crippen LogP) is 2.85. The summed E-state index contributed by atoms with van der Waals surface area (Å²) in [6, 6.07) is 8.61. The van der Waals surface area contributed by atoms with Gasteiger partial charge in [0.2, 0.25) is 0 Å². The molecule has 1 N–H and O–H groups in total. The van der Waals surface area contributed by atoms with E-state index in [1.165, 1.54) is 7.11 Å². The van der Waals surface area contributed by atoms with Gasteiger partial charge in [-0.25, -0.2) is 9.97 Å². The molecule has 3 rings (SSSR count). The van der Waals surface area contributed by atoms with Crippen LogP contribution in [0.2, 0.25) is 0 Å². The van der Waals surface area contributed by atoms with E-state index in [9.17, 15) is 4.79 Å². The number of amides is 1. The molecular formula is C18H18N4O3. The molecular weight excluding hydrogens is 320 g/mol. The predicted molar refractivity (Wildman–Crippen MR) is 93.6 cm³/mol. The molecule has 0 bridgehead atoms. The number of methoxy groups -OCH3 is 2. The summed E-state index contributed by atoms with van der Waals surface area (Å²) in [4.78, 5) is 20.9. The zero-order valence-corrected chi connectivity index (χ0v) is 14.2. The van der Waals surface area contributed by atoms with Crippen LogP contribution in [0.4, 0.5) is 5.69 Å². The van der Waals surface area contributed by atoms with E-state index in [0.717, 1.165) is 11.6 Å². The Labute approximate surface area is 145 Å². The lowest BCUT2D eigenvalue weighted by Crippen LogP contribution is -2.12. The van der Waals surface area contributed by atoms with E-state index in [1.807, 2.05) is 23.8 Å². The molecule has 7 heteroatoms. The number of pyridine rings is 1. The highest BCUT2D eigenvalue weighted by Crippen LogP contribution is 2.27. The van der Waals surface area contributed by atoms with Crippen LogP contribution in [0.15, 0.2) is 48.9 Å². The number of nitrogens with zero attached hydrogens (tertiary/aromatic N) is 3. The molecule has 0 saturated carbocycles. The van der Waals surface area contributed by atoms with Crippen molar-refractivity contribution in [1.29, 1.82) is 0 Å². The normalized spacial score (nSPS) is 10.4. The largest absolute Gasteiger partial charge is 0.493 e. The molecule has 1 aromatic carbocycles. The number of hydrogen-bond acceptors (Lipinski definition) is 5. The number of ether oxygens (including phenoxy) is 2. The number of carbonyl (C=O) groups excluding carboxylic acids is 1. The monoisotopic (exact) mass is 338 g/mol. The summed E-state index contributed by atoms with van der Waals surface area (Å²) in [6.45, 7) is 1.90. The third-order valence-electron chi connectivity index (χ3n) is 3.72. The van der Waals surface area contributed by atoms with E-state index in [2.05, 4.69) is 15.3 Å². The van der Waals surface area contributed by atoms with Gasteiger partial charge in [0.15, 0.2) is 11.5 Å². The molecule has 2 heterocycles. The Morgan fingerprint density at radius 3 is 2.48 bits per heavy atom. The highest BCUT2D eigenvalue weighted by atomic mass is 16.5. The van der Waals surface area contributed by atoms with Crippen molar-refractivity contribution in [3.8, 4) is 17.3 Å². The Morgan fingerprint density at radius 2 is 1.88 bits per heavy atom. The molecule has 0 aliphatic heterocycles. The summed E-state index contributed by atoms with van der Waals surface area (Å²) >= 11 is 0. The standard InChI is InChI=1S/C18H18N4O3/c1-12-19-8-9-22(12)17-7-5-14(11-20-17)21-18(23)13-4-6-15(24-2)16(10-13)25-3/h4-11H,1-3H3,(H,21,23). The fraction of sp³-hybridized carbons (Fsp3) is 0.167. The first-order valence-electron chi connectivity index (χ1n) is 7.62. The third kappa shape index (κ3) is 3.45. The maximum atomic E-state index is 12.4. The van der Waals surface area contributed by atoms with Gasteiger partial charge in [0.05, 0.1) is 26.1 Å². The smallest absolute Gasteiger partial charge is 0.255 e. The van der Waals surface area contributed by atoms with Crippen LogP contribution in [-0.2, 0) is 0 Å². The van der Waals surface area contributed by atoms with E-state index in [0.29, 0.717) is 22.7 Å². The summed E-state index contributed by atoms with van der Waals surface area (Å²) in [7, 11) is 3.08. The molecule has 0 unspecified atom stereocenters. The van der Waals surface area contributed by atoms with Gasteiger partial charge >= 0.3 is 0 Å². The molecule has 0 saturated heterocycles. The SMILES string of the molecule is COc1ccc(C(=O)Nc2ccc(-n3ccnc3C)nc2)cc1OC. The fourth-order valence-electron chi connectivity index (χ4n) is 2.40. The molecule has 0 aliphatic carbocycles. The highest BCUT2D eigenvalue weighted by Gasteiger charge is 2.11. The summed E-state index contributed by atoms with van der Waals surface area (Å²) in [5, 5.41) is 2.81. The van der Waals surface area contributed by atoms with Crippen molar-refractivity contribution in [2.24, 2.45) is 0 Å². The molecule has 0 radical (unpaired) electrons. The Kier molecular flexibility index (Phi) is 4.65. The van der Waals surface area contributed by atoms with Crippen LogP contribution in [0.1, 0.15) is 16.2 Å². The van der Waals surface area contributed by atoms with Crippen molar-refractivity contribution < 1.29 is 14.3 Å². The van der Waals surface area contributed by atoms with Crippen molar-refractivity contribution >= 4 is 11.6 Å². The van der Waals surface area contributed by atoms with Gasteiger partial charge in [-0.15, -0.1) is 0 Å². The van der Waals surface area contributed by atoms with Crippen molar-refractivity contribution in [2.75, 3.05) is 19.5 Å². The lowest BCUT2D eigenvalue weighted by atomic mass is 10.2. The number of aryl methyl sites for hydroxylation is 1. The van der Waals surface area contributed by atoms with E-state index < -0.39 is 0 Å². The topological polar surface area (TPSA) is 78.3 Å². The molecule has 0 spiro atoms. The minimum absolute atomic E-state index is 0.255. The van der Waals surface area contributed by atoms with Crippen LogP contribution >= 0.6 is 0 Å². The van der Waals surface area contributed by atoms with E-state index in [1.54, 1.807) is 43.8 Å². The molecule has 0 aliphatic rings. The summed E-state index contributed by atoms with van der Waals surface area (Å²) in [6.07, 6.45) is 5.15. The number of imidazole rings is 1. The number of rotatable bonds is 5. The van der Waals surface area contributed by atoms with Crippen LogP contribution in [-0.4, -0.2) is 34.7 Å². The van der Waals surface area contributed by atoms with E-state index >= 15 is 0 Å². The molecule has 7 nitrogen and oxygen atoms in total. The summed E-state index contributed by atoms with van der Waals surface area (Å²) in [5.41, 5.74) is 1.06. The number of hydrogen-bond donors (Lipinski definition) is 1. The quantitative estimate of drug-likeness (QED) is 0.774. The molecule has 3 aromatic rings. The highest BCUT2D eigenvalue weighted by molar-refractivity contribution is 6.04. The van der Waals surface area contributed by atoms with Crippen LogP contribution in [0.5, 0.6) is 11.5 Å². The van der Waals surface area contributed by atoms with Crippen molar-refractivity contribution in [1.82, 2.24) is 14.5 Å². The number of nitrogens with one attached hydrogen (secondary N) is 1. The zero-order valence-electron chi connectivity index (χ0n) is 14.2. The Balaban J connectivity index is 1.76. The van der Waals surface area contributed by atoms with Gasteiger partial charge in [-0.3, -0.25) is 9.36 Å². The van der Waals surface area contributed by atoms with Gasteiger partial charge in [0.25, 0.3) is 5.91 Å². The van der Waals surface area contributed by atoms with Gasteiger partial charge in [-0.1, -0.05) is 0 Å². The molecule has 25 heavy (non-hydrogen) atoms. The van der Waals surface area contributed by atoms with Crippen LogP contribution in [0, 0.1) is 6.92 Å². The van der Waals surface area contributed by atoms with Gasteiger partial charge in [0.1, 0.15) is 11.6 Å². The van der Waals surface area contributed by atoms with Crippen molar-refractivity contribution in [3.05, 3.63) is 60.3 Å². The van der Waals surface area contributed by atoms with Gasteiger partial charge in [-0.05, 0) is 37.3 Å². The fourth-order valence-corrected chi connectivity index (χ4v) is 2.40. The molecule has 128 valence electrons. The Hall–Kier alpha value is -3.35.